The van der Waals surface area contributed by atoms with Crippen molar-refractivity contribution in [3.63, 3.8) is 0 Å². The number of hydrogen-bond donors (Lipinski definition) is 1. The molecule has 8 heteroatoms. The first-order valence-electron chi connectivity index (χ1n) is 8.52. The second-order valence-corrected chi connectivity index (χ2v) is 6.11. The summed E-state index contributed by atoms with van der Waals surface area (Å²) >= 11 is 0. The number of benzene rings is 1. The van der Waals surface area contributed by atoms with Crippen LogP contribution in [0.1, 0.15) is 10.4 Å². The van der Waals surface area contributed by atoms with Crippen molar-refractivity contribution >= 4 is 17.5 Å². The summed E-state index contributed by atoms with van der Waals surface area (Å²) in [7, 11) is 3.16. The van der Waals surface area contributed by atoms with Crippen LogP contribution in [0.4, 0.5) is 5.69 Å². The Morgan fingerprint density at radius 3 is 2.50 bits per heavy atom. The zero-order chi connectivity index (χ0) is 18.5. The number of hydrogen-bond acceptors (Lipinski definition) is 5. The third-order valence-corrected chi connectivity index (χ3v) is 4.39. The van der Waals surface area contributed by atoms with Gasteiger partial charge in [-0.2, -0.15) is 0 Å². The highest BCUT2D eigenvalue weighted by molar-refractivity contribution is 5.98. The topological polar surface area (TPSA) is 79.7 Å². The van der Waals surface area contributed by atoms with Crippen molar-refractivity contribution in [1.82, 2.24) is 20.0 Å². The third kappa shape index (κ3) is 3.96. The number of anilines is 1. The van der Waals surface area contributed by atoms with Crippen molar-refractivity contribution < 1.29 is 14.3 Å². The lowest BCUT2D eigenvalue weighted by molar-refractivity contribution is -0.130. The van der Waals surface area contributed by atoms with Gasteiger partial charge in [-0.15, -0.1) is 5.10 Å². The Kier molecular flexibility index (Phi) is 5.40. The molecule has 1 aromatic carbocycles. The maximum atomic E-state index is 12.4. The van der Waals surface area contributed by atoms with Gasteiger partial charge in [0.1, 0.15) is 5.56 Å². The van der Waals surface area contributed by atoms with E-state index in [1.807, 2.05) is 18.2 Å². The summed E-state index contributed by atoms with van der Waals surface area (Å²) in [4.78, 5) is 28.6. The molecule has 1 saturated heterocycles. The lowest BCUT2D eigenvalue weighted by atomic mass is 10.2. The van der Waals surface area contributed by atoms with E-state index in [2.05, 4.69) is 27.4 Å². The molecule has 26 heavy (non-hydrogen) atoms. The summed E-state index contributed by atoms with van der Waals surface area (Å²) in [5, 5.41) is 6.69. The fraction of sp³-hybridized carbons (Fsp3) is 0.389. The summed E-state index contributed by atoms with van der Waals surface area (Å²) < 4.78 is 6.57. The smallest absolute Gasteiger partial charge is 0.258 e. The molecule has 1 aromatic heterocycles. The molecule has 138 valence electrons. The predicted octanol–water partition coefficient (Wildman–Crippen LogP) is 0.507. The minimum absolute atomic E-state index is 0.0395. The number of aromatic nitrogens is 2. The minimum Gasteiger partial charge on any atom is -0.479 e. The molecule has 0 atom stereocenters. The van der Waals surface area contributed by atoms with Gasteiger partial charge in [0.2, 0.25) is 11.8 Å². The largest absolute Gasteiger partial charge is 0.479 e. The number of ether oxygens (including phenoxy) is 1. The van der Waals surface area contributed by atoms with E-state index in [4.69, 9.17) is 4.74 Å². The van der Waals surface area contributed by atoms with E-state index in [1.165, 1.54) is 11.8 Å². The number of methoxy groups -OCH3 is 1. The molecular weight excluding hydrogens is 334 g/mol. The van der Waals surface area contributed by atoms with E-state index in [0.29, 0.717) is 18.7 Å². The number of aryl methyl sites for hydroxylation is 1. The molecule has 1 aliphatic rings. The molecule has 0 saturated carbocycles. The lowest BCUT2D eigenvalue weighted by Gasteiger charge is -2.36. The Morgan fingerprint density at radius 2 is 1.85 bits per heavy atom. The first-order chi connectivity index (χ1) is 12.6. The highest BCUT2D eigenvalue weighted by Gasteiger charge is 2.22. The van der Waals surface area contributed by atoms with Gasteiger partial charge in [0, 0.05) is 45.1 Å². The fourth-order valence-electron chi connectivity index (χ4n) is 2.99. The van der Waals surface area contributed by atoms with Gasteiger partial charge in [0.25, 0.3) is 5.91 Å². The Hall–Kier alpha value is -3.03. The zero-order valence-corrected chi connectivity index (χ0v) is 15.0. The van der Waals surface area contributed by atoms with Crippen molar-refractivity contribution in [2.45, 2.75) is 0 Å². The number of para-hydroxylation sites is 1. The Morgan fingerprint density at radius 1 is 1.15 bits per heavy atom. The fourth-order valence-corrected chi connectivity index (χ4v) is 2.99. The van der Waals surface area contributed by atoms with Crippen molar-refractivity contribution in [1.29, 1.82) is 0 Å². The first kappa shape index (κ1) is 17.8. The van der Waals surface area contributed by atoms with Gasteiger partial charge in [-0.25, -0.2) is 0 Å². The molecule has 0 aliphatic carbocycles. The number of amides is 2. The van der Waals surface area contributed by atoms with Gasteiger partial charge in [0.15, 0.2) is 0 Å². The molecule has 1 aliphatic heterocycles. The average molecular weight is 357 g/mol. The van der Waals surface area contributed by atoms with E-state index in [0.717, 1.165) is 18.8 Å². The average Bonchev–Trinajstić information content (AvgIpc) is 3.07. The minimum atomic E-state index is -0.369. The predicted molar refractivity (Wildman–Crippen MR) is 97.3 cm³/mol. The molecule has 0 spiro atoms. The quantitative estimate of drug-likeness (QED) is 0.843. The zero-order valence-electron chi connectivity index (χ0n) is 15.0. The van der Waals surface area contributed by atoms with Crippen LogP contribution in [0, 0.1) is 0 Å². The molecule has 0 bridgehead atoms. The van der Waals surface area contributed by atoms with Crippen LogP contribution < -0.4 is 15.0 Å². The van der Waals surface area contributed by atoms with Crippen LogP contribution in [0.2, 0.25) is 0 Å². The molecule has 0 unspecified atom stereocenters. The van der Waals surface area contributed by atoms with Crippen LogP contribution >= 0.6 is 0 Å². The second kappa shape index (κ2) is 7.90. The molecule has 0 radical (unpaired) electrons. The standard InChI is InChI=1S/C18H23N5O3/c1-21-13-15(18(20-21)26-2)17(25)19-12-16(24)23-10-8-22(9-11-23)14-6-4-3-5-7-14/h3-7,13H,8-12H2,1-2H3,(H,19,25). The SMILES string of the molecule is COc1nn(C)cc1C(=O)NCC(=O)N1CCN(c2ccccc2)CC1. The maximum absolute atomic E-state index is 12.4. The highest BCUT2D eigenvalue weighted by atomic mass is 16.5. The molecule has 2 amide bonds. The van der Waals surface area contributed by atoms with Gasteiger partial charge >= 0.3 is 0 Å². The van der Waals surface area contributed by atoms with E-state index in [9.17, 15) is 9.59 Å². The second-order valence-electron chi connectivity index (χ2n) is 6.11. The molecule has 1 fully saturated rings. The van der Waals surface area contributed by atoms with Crippen molar-refractivity contribution in [3.05, 3.63) is 42.1 Å². The maximum Gasteiger partial charge on any atom is 0.258 e. The Labute approximate surface area is 152 Å². The van der Waals surface area contributed by atoms with Crippen LogP contribution in [0.25, 0.3) is 0 Å². The lowest BCUT2D eigenvalue weighted by Crippen LogP contribution is -2.51. The van der Waals surface area contributed by atoms with Crippen LogP contribution in [0.3, 0.4) is 0 Å². The van der Waals surface area contributed by atoms with Crippen LogP contribution in [0.15, 0.2) is 36.5 Å². The number of piperazine rings is 1. The number of carbonyl (C=O) groups is 2. The third-order valence-electron chi connectivity index (χ3n) is 4.39. The van der Waals surface area contributed by atoms with Crippen molar-refractivity contribution in [2.75, 3.05) is 44.7 Å². The van der Waals surface area contributed by atoms with Gasteiger partial charge in [0.05, 0.1) is 13.7 Å². The number of nitrogens with one attached hydrogen (secondary N) is 1. The highest BCUT2D eigenvalue weighted by Crippen LogP contribution is 2.16. The monoisotopic (exact) mass is 357 g/mol. The molecule has 3 rings (SSSR count). The normalized spacial score (nSPS) is 14.2. The number of rotatable bonds is 5. The summed E-state index contributed by atoms with van der Waals surface area (Å²) in [6.45, 7) is 2.79. The molecular formula is C18H23N5O3. The van der Waals surface area contributed by atoms with Crippen molar-refractivity contribution in [2.24, 2.45) is 7.05 Å². The molecule has 2 heterocycles. The van der Waals surface area contributed by atoms with Gasteiger partial charge in [-0.05, 0) is 12.1 Å². The van der Waals surface area contributed by atoms with Crippen LogP contribution in [-0.4, -0.2) is 66.3 Å². The van der Waals surface area contributed by atoms with E-state index < -0.39 is 0 Å². The van der Waals surface area contributed by atoms with Gasteiger partial charge in [-0.3, -0.25) is 14.3 Å². The van der Waals surface area contributed by atoms with E-state index in [1.54, 1.807) is 18.1 Å². The van der Waals surface area contributed by atoms with Crippen LogP contribution in [-0.2, 0) is 11.8 Å². The summed E-state index contributed by atoms with van der Waals surface area (Å²) in [6.07, 6.45) is 1.57. The summed E-state index contributed by atoms with van der Waals surface area (Å²) in [6, 6.07) is 10.1. The van der Waals surface area contributed by atoms with E-state index in [-0.39, 0.29) is 24.2 Å². The summed E-state index contributed by atoms with van der Waals surface area (Å²) in [5.41, 5.74) is 1.48. The first-order valence-corrected chi connectivity index (χ1v) is 8.52. The molecule has 1 N–H and O–H groups in total. The molecule has 8 nitrogen and oxygen atoms in total. The van der Waals surface area contributed by atoms with Gasteiger partial charge in [-0.1, -0.05) is 18.2 Å². The summed E-state index contributed by atoms with van der Waals surface area (Å²) in [5.74, 6) is -0.214. The molecule has 2 aromatic rings. The Bertz CT molecular complexity index is 766. The van der Waals surface area contributed by atoms with Crippen molar-refractivity contribution in [3.8, 4) is 5.88 Å². The number of nitrogens with zero attached hydrogens (tertiary/aromatic N) is 4. The van der Waals surface area contributed by atoms with Crippen LogP contribution in [0.5, 0.6) is 5.88 Å². The van der Waals surface area contributed by atoms with E-state index >= 15 is 0 Å². The van der Waals surface area contributed by atoms with Gasteiger partial charge < -0.3 is 19.9 Å². The Balaban J connectivity index is 1.49. The number of carbonyl (C=O) groups excluding carboxylic acids is 2.